The first-order valence-electron chi connectivity index (χ1n) is 6.38. The molecule has 0 amide bonds. The Kier molecular flexibility index (Phi) is 5.19. The summed E-state index contributed by atoms with van der Waals surface area (Å²) in [7, 11) is -1.49. The molecule has 0 spiro atoms. The lowest BCUT2D eigenvalue weighted by molar-refractivity contribution is 0.684. The summed E-state index contributed by atoms with van der Waals surface area (Å²) in [4.78, 5) is 0.619. The molecule has 0 aromatic heterocycles. The number of hydrogen-bond acceptors (Lipinski definition) is 2. The van der Waals surface area contributed by atoms with Crippen LogP contribution in [-0.2, 0) is 11.0 Å². The maximum Gasteiger partial charge on any atom is 0.172 e. The Morgan fingerprint density at radius 3 is 2.43 bits per heavy atom. The highest BCUT2D eigenvalue weighted by Crippen LogP contribution is 2.10. The minimum absolute atomic E-state index is 0.363. The van der Waals surface area contributed by atoms with Crippen LogP contribution in [0.4, 0.5) is 0 Å². The summed E-state index contributed by atoms with van der Waals surface area (Å²) in [5.74, 6) is 0. The van der Waals surface area contributed by atoms with Gasteiger partial charge < -0.3 is 0 Å². The first-order chi connectivity index (χ1) is 10.2. The molecule has 104 valence electrons. The van der Waals surface area contributed by atoms with E-state index in [1.54, 1.807) is 18.2 Å². The van der Waals surface area contributed by atoms with Crippen molar-refractivity contribution in [3.8, 4) is 6.07 Å². The summed E-state index contributed by atoms with van der Waals surface area (Å²) >= 11 is 0. The third-order valence-electron chi connectivity index (χ3n) is 2.76. The Hall–Kier alpha value is -2.51. The van der Waals surface area contributed by atoms with Gasteiger partial charge in [-0.3, -0.25) is 0 Å². The van der Waals surface area contributed by atoms with E-state index in [0.717, 1.165) is 11.1 Å². The molecule has 0 N–H and O–H groups in total. The van der Waals surface area contributed by atoms with E-state index < -0.39 is 11.0 Å². The molecule has 0 aliphatic rings. The van der Waals surface area contributed by atoms with Gasteiger partial charge in [0.1, 0.15) is 6.07 Å². The molecule has 0 radical (unpaired) electrons. The summed E-state index contributed by atoms with van der Waals surface area (Å²) in [5.41, 5.74) is 2.37. The van der Waals surface area contributed by atoms with Gasteiger partial charge in [0.15, 0.2) is 11.0 Å². The van der Waals surface area contributed by atoms with Crippen LogP contribution in [0.2, 0.25) is 0 Å². The van der Waals surface area contributed by atoms with Crippen molar-refractivity contribution in [3.05, 3.63) is 71.3 Å². The highest BCUT2D eigenvalue weighted by Gasteiger charge is 2.00. The summed E-state index contributed by atoms with van der Waals surface area (Å²) < 4.78 is 16.0. The lowest BCUT2D eigenvalue weighted by atomic mass is 10.1. The van der Waals surface area contributed by atoms with Gasteiger partial charge in [-0.1, -0.05) is 48.0 Å². The topological polar surface area (TPSA) is 53.2 Å². The van der Waals surface area contributed by atoms with Crippen LogP contribution in [0.3, 0.4) is 0 Å². The van der Waals surface area contributed by atoms with E-state index in [2.05, 4.69) is 4.40 Å². The van der Waals surface area contributed by atoms with E-state index in [-0.39, 0.29) is 0 Å². The summed E-state index contributed by atoms with van der Waals surface area (Å²) in [6, 6.07) is 18.8. The third-order valence-corrected chi connectivity index (χ3v) is 3.73. The van der Waals surface area contributed by atoms with Crippen molar-refractivity contribution in [3.63, 3.8) is 0 Å². The second-order valence-electron chi connectivity index (χ2n) is 4.42. The molecule has 0 aliphatic carbocycles. The van der Waals surface area contributed by atoms with Crippen molar-refractivity contribution in [1.29, 1.82) is 5.26 Å². The van der Waals surface area contributed by atoms with Crippen molar-refractivity contribution in [2.24, 2.45) is 4.40 Å². The average molecular weight is 294 g/mol. The molecule has 2 aromatic carbocycles. The maximum absolute atomic E-state index is 12.0. The number of nitrogens with zero attached hydrogens (tertiary/aromatic N) is 2. The van der Waals surface area contributed by atoms with Gasteiger partial charge in [0.2, 0.25) is 0 Å². The van der Waals surface area contributed by atoms with Crippen LogP contribution < -0.4 is 0 Å². The van der Waals surface area contributed by atoms with E-state index in [1.165, 1.54) is 6.21 Å². The standard InChI is InChI=1S/C17H14N2OS/c1-14-7-9-17(10-8-14)21(20)19-13-16(12-18)11-15-5-3-2-4-6-15/h2-11,13H,1H3/b16-11-,19-13+. The molecular weight excluding hydrogens is 280 g/mol. The number of aryl methyl sites for hydroxylation is 1. The molecule has 3 nitrogen and oxygen atoms in total. The van der Waals surface area contributed by atoms with E-state index in [0.29, 0.717) is 10.5 Å². The van der Waals surface area contributed by atoms with Crippen molar-refractivity contribution in [2.75, 3.05) is 0 Å². The lowest BCUT2D eigenvalue weighted by Crippen LogP contribution is -1.89. The smallest absolute Gasteiger partial charge is 0.172 e. The van der Waals surface area contributed by atoms with Crippen molar-refractivity contribution in [1.82, 2.24) is 0 Å². The highest BCUT2D eigenvalue weighted by molar-refractivity contribution is 7.83. The summed E-state index contributed by atoms with van der Waals surface area (Å²) in [6.45, 7) is 1.96. The lowest BCUT2D eigenvalue weighted by Gasteiger charge is -1.97. The number of hydrogen-bond donors (Lipinski definition) is 0. The Morgan fingerprint density at radius 1 is 1.14 bits per heavy atom. The molecule has 0 fully saturated rings. The summed E-state index contributed by atoms with van der Waals surface area (Å²) in [6.07, 6.45) is 3.05. The predicted molar refractivity (Wildman–Crippen MR) is 86.1 cm³/mol. The van der Waals surface area contributed by atoms with E-state index in [4.69, 9.17) is 5.26 Å². The monoisotopic (exact) mass is 294 g/mol. The second kappa shape index (κ2) is 7.32. The van der Waals surface area contributed by atoms with Crippen LogP contribution in [0.15, 0.2) is 69.5 Å². The second-order valence-corrected chi connectivity index (χ2v) is 5.60. The zero-order valence-electron chi connectivity index (χ0n) is 11.6. The van der Waals surface area contributed by atoms with Gasteiger partial charge in [0, 0.05) is 0 Å². The van der Waals surface area contributed by atoms with Crippen LogP contribution in [-0.4, -0.2) is 10.4 Å². The van der Waals surface area contributed by atoms with Gasteiger partial charge >= 0.3 is 0 Å². The molecule has 0 heterocycles. The van der Waals surface area contributed by atoms with Crippen LogP contribution in [0.25, 0.3) is 6.08 Å². The number of allylic oxidation sites excluding steroid dienone is 1. The van der Waals surface area contributed by atoms with Crippen LogP contribution in [0.1, 0.15) is 11.1 Å². The fraction of sp³-hybridized carbons (Fsp3) is 0.0588. The normalized spacial score (nSPS) is 13.0. The number of benzene rings is 2. The minimum Gasteiger partial charge on any atom is -0.229 e. The molecule has 0 saturated heterocycles. The largest absolute Gasteiger partial charge is 0.229 e. The Bertz CT molecular complexity index is 726. The van der Waals surface area contributed by atoms with E-state index in [9.17, 15) is 4.21 Å². The molecular formula is C17H14N2OS. The third kappa shape index (κ3) is 4.51. The molecule has 21 heavy (non-hydrogen) atoms. The van der Waals surface area contributed by atoms with Crippen LogP contribution >= 0.6 is 0 Å². The summed E-state index contributed by atoms with van der Waals surface area (Å²) in [5, 5.41) is 9.10. The molecule has 2 aromatic rings. The fourth-order valence-electron chi connectivity index (χ4n) is 1.65. The van der Waals surface area contributed by atoms with Gasteiger partial charge in [-0.25, -0.2) is 4.21 Å². The zero-order chi connectivity index (χ0) is 15.1. The maximum atomic E-state index is 12.0. The van der Waals surface area contributed by atoms with Gasteiger partial charge in [0.05, 0.1) is 16.7 Å². The fourth-order valence-corrected chi connectivity index (χ4v) is 2.35. The van der Waals surface area contributed by atoms with E-state index in [1.807, 2.05) is 55.5 Å². The number of rotatable bonds is 4. The molecule has 0 bridgehead atoms. The van der Waals surface area contributed by atoms with Gasteiger partial charge in [-0.2, -0.15) is 9.66 Å². The van der Waals surface area contributed by atoms with Gasteiger partial charge in [-0.15, -0.1) is 0 Å². The molecule has 1 atom stereocenters. The van der Waals surface area contributed by atoms with Crippen LogP contribution in [0.5, 0.6) is 0 Å². The molecule has 4 heteroatoms. The van der Waals surface area contributed by atoms with Gasteiger partial charge in [0.25, 0.3) is 0 Å². The Morgan fingerprint density at radius 2 is 1.81 bits per heavy atom. The van der Waals surface area contributed by atoms with Crippen LogP contribution in [0, 0.1) is 18.3 Å². The SMILES string of the molecule is Cc1ccc(S(=O)/N=C/C(C#N)=C\c2ccccc2)cc1. The van der Waals surface area contributed by atoms with Crippen molar-refractivity contribution < 1.29 is 4.21 Å². The highest BCUT2D eigenvalue weighted by atomic mass is 32.2. The minimum atomic E-state index is -1.49. The zero-order valence-corrected chi connectivity index (χ0v) is 12.4. The Labute approximate surface area is 126 Å². The Balaban J connectivity index is 2.15. The molecule has 2 rings (SSSR count). The molecule has 0 aliphatic heterocycles. The molecule has 1 unspecified atom stereocenters. The number of nitriles is 1. The first-order valence-corrected chi connectivity index (χ1v) is 7.49. The first kappa shape index (κ1) is 14.9. The quantitative estimate of drug-likeness (QED) is 0.638. The van der Waals surface area contributed by atoms with E-state index >= 15 is 0 Å². The predicted octanol–water partition coefficient (Wildman–Crippen LogP) is 3.70. The average Bonchev–Trinajstić information content (AvgIpc) is 2.52. The van der Waals surface area contributed by atoms with Crippen molar-refractivity contribution >= 4 is 23.3 Å². The molecule has 0 saturated carbocycles. The van der Waals surface area contributed by atoms with Crippen molar-refractivity contribution in [2.45, 2.75) is 11.8 Å². The van der Waals surface area contributed by atoms with Gasteiger partial charge in [-0.05, 0) is 30.7 Å².